The quantitative estimate of drug-likeness (QED) is 0.354. The van der Waals surface area contributed by atoms with Crippen molar-refractivity contribution in [2.45, 2.75) is 0 Å². The molecule has 89 valence electrons. The van der Waals surface area contributed by atoms with E-state index in [9.17, 15) is 0 Å². The average molecular weight is 237 g/mol. The van der Waals surface area contributed by atoms with E-state index in [1.807, 2.05) is 0 Å². The molecular formula is H22NaO10S. The maximum Gasteiger partial charge on any atom is 0 e. The Hall–Kier alpha value is 0.950. The van der Waals surface area contributed by atoms with Gasteiger partial charge in [-0.25, -0.2) is 0 Å². The molecule has 0 saturated heterocycles. The molecule has 0 atom stereocenters. The summed E-state index contributed by atoms with van der Waals surface area (Å²) in [6.07, 6.45) is 0. The summed E-state index contributed by atoms with van der Waals surface area (Å²) in [4.78, 5) is 0. The summed E-state index contributed by atoms with van der Waals surface area (Å²) < 4.78 is 0. The third kappa shape index (κ3) is 1200. The van der Waals surface area contributed by atoms with Gasteiger partial charge in [-0.1, -0.05) is 0 Å². The Bertz CT molecular complexity index is 9.80. The van der Waals surface area contributed by atoms with Crippen molar-refractivity contribution in [3.63, 3.8) is 0 Å². The maximum absolute atomic E-state index is 0. The molecule has 0 aromatic heterocycles. The standard InChI is InChI=1S/Na.10H2O.H2S/h;11*1H2. The molecule has 0 spiro atoms. The summed E-state index contributed by atoms with van der Waals surface area (Å²) in [6, 6.07) is 0. The fourth-order valence-corrected chi connectivity index (χ4v) is 0. The summed E-state index contributed by atoms with van der Waals surface area (Å²) in [5, 5.41) is 0. The van der Waals surface area contributed by atoms with Crippen LogP contribution in [0.3, 0.4) is 0 Å². The first-order valence-electron chi connectivity index (χ1n) is 0. The van der Waals surface area contributed by atoms with Crippen molar-refractivity contribution in [1.82, 2.24) is 0 Å². The van der Waals surface area contributed by atoms with Gasteiger partial charge >= 0.3 is 0 Å². The van der Waals surface area contributed by atoms with E-state index >= 15 is 0 Å². The van der Waals surface area contributed by atoms with Crippen molar-refractivity contribution < 1.29 is 54.8 Å². The van der Waals surface area contributed by atoms with Gasteiger partial charge in [0, 0.05) is 29.6 Å². The van der Waals surface area contributed by atoms with Crippen LogP contribution in [-0.4, -0.2) is 84.3 Å². The second-order valence-corrected chi connectivity index (χ2v) is 0. The first kappa shape index (κ1) is 2050. The fraction of sp³-hybridized carbons (Fsp3) is 0. The molecule has 0 bridgehead atoms. The van der Waals surface area contributed by atoms with E-state index in [4.69, 9.17) is 0 Å². The molecule has 0 amide bonds. The van der Waals surface area contributed by atoms with Crippen LogP contribution in [0.25, 0.3) is 0 Å². The molecule has 10 nitrogen and oxygen atoms in total. The normalized spacial score (nSPS) is 0. The van der Waals surface area contributed by atoms with Crippen LogP contribution in [0.15, 0.2) is 0 Å². The molecule has 20 N–H and O–H groups in total. The zero-order valence-corrected chi connectivity index (χ0v) is 9.50. The third-order valence-corrected chi connectivity index (χ3v) is 0. The van der Waals surface area contributed by atoms with Gasteiger partial charge in [-0.3, -0.25) is 0 Å². The first-order valence-corrected chi connectivity index (χ1v) is 0. The minimum Gasteiger partial charge on any atom is -0.412 e. The summed E-state index contributed by atoms with van der Waals surface area (Å²) in [7, 11) is 0. The number of rotatable bonds is 0. The van der Waals surface area contributed by atoms with Crippen molar-refractivity contribution in [2.24, 2.45) is 0 Å². The zero-order chi connectivity index (χ0) is 0. The SMILES string of the molecule is O.O.O.O.O.O.O.O.O.O.S.[Na]. The second-order valence-electron chi connectivity index (χ2n) is 0. The predicted molar refractivity (Wildman–Crippen MR) is 52.3 cm³/mol. The van der Waals surface area contributed by atoms with Crippen LogP contribution in [0.4, 0.5) is 0 Å². The monoisotopic (exact) mass is 237 g/mol. The molecule has 0 rings (SSSR count). The summed E-state index contributed by atoms with van der Waals surface area (Å²) >= 11 is 0. The minimum absolute atomic E-state index is 0. The topological polar surface area (TPSA) is 315 Å². The zero-order valence-electron chi connectivity index (χ0n) is 6.50. The molecule has 0 aromatic rings. The van der Waals surface area contributed by atoms with Crippen LogP contribution in [0.5, 0.6) is 0 Å². The van der Waals surface area contributed by atoms with Gasteiger partial charge in [0.1, 0.15) is 0 Å². The molecule has 0 fully saturated rings. The Kier molecular flexibility index (Phi) is 271000. The Morgan fingerprint density at radius 3 is 0.250 bits per heavy atom. The van der Waals surface area contributed by atoms with E-state index < -0.39 is 0 Å². The molecule has 0 saturated carbocycles. The average Bonchev–Trinajstić information content (AvgIpc) is 0. The van der Waals surface area contributed by atoms with Crippen molar-refractivity contribution in [3.05, 3.63) is 0 Å². The molecular weight excluding hydrogens is 215 g/mol. The van der Waals surface area contributed by atoms with Crippen LogP contribution in [0, 0.1) is 0 Å². The summed E-state index contributed by atoms with van der Waals surface area (Å²) in [5.41, 5.74) is 0. The minimum atomic E-state index is 0. The van der Waals surface area contributed by atoms with E-state index in [2.05, 4.69) is 0 Å². The molecule has 0 aliphatic rings. The molecule has 0 aromatic carbocycles. The summed E-state index contributed by atoms with van der Waals surface area (Å²) in [5.74, 6) is 0. The van der Waals surface area contributed by atoms with Crippen LogP contribution in [-0.2, 0) is 0 Å². The largest absolute Gasteiger partial charge is 0.412 e. The van der Waals surface area contributed by atoms with Gasteiger partial charge in [0.15, 0.2) is 0 Å². The van der Waals surface area contributed by atoms with Crippen LogP contribution >= 0.6 is 13.5 Å². The fourth-order valence-electron chi connectivity index (χ4n) is 0. The van der Waals surface area contributed by atoms with E-state index in [1.165, 1.54) is 0 Å². The van der Waals surface area contributed by atoms with Gasteiger partial charge in [0.05, 0.1) is 0 Å². The smallest absolute Gasteiger partial charge is 0 e. The van der Waals surface area contributed by atoms with E-state index in [-0.39, 0.29) is 97.8 Å². The van der Waals surface area contributed by atoms with Crippen molar-refractivity contribution in [1.29, 1.82) is 0 Å². The van der Waals surface area contributed by atoms with Crippen molar-refractivity contribution in [3.8, 4) is 0 Å². The van der Waals surface area contributed by atoms with E-state index in [1.54, 1.807) is 0 Å². The van der Waals surface area contributed by atoms with Gasteiger partial charge in [0.25, 0.3) is 0 Å². The van der Waals surface area contributed by atoms with Crippen LogP contribution in [0.2, 0.25) is 0 Å². The van der Waals surface area contributed by atoms with Gasteiger partial charge < -0.3 is 54.8 Å². The molecule has 0 aliphatic carbocycles. The molecule has 0 unspecified atom stereocenters. The number of hydrogen-bond acceptors (Lipinski definition) is 0. The molecule has 0 heterocycles. The molecule has 1 radical (unpaired) electrons. The summed E-state index contributed by atoms with van der Waals surface area (Å²) in [6.45, 7) is 0. The van der Waals surface area contributed by atoms with E-state index in [0.717, 1.165) is 0 Å². The number of hydrogen-bond donors (Lipinski definition) is 0. The van der Waals surface area contributed by atoms with Gasteiger partial charge in [-0.2, -0.15) is 13.5 Å². The molecule has 0 aliphatic heterocycles. The second kappa shape index (κ2) is 1590. The van der Waals surface area contributed by atoms with E-state index in [0.29, 0.717) is 0 Å². The Morgan fingerprint density at radius 2 is 0.250 bits per heavy atom. The Morgan fingerprint density at radius 1 is 0.250 bits per heavy atom. The third-order valence-electron chi connectivity index (χ3n) is 0. The molecule has 12 heavy (non-hydrogen) atoms. The Labute approximate surface area is 97.8 Å². The molecule has 12 heteroatoms. The maximum atomic E-state index is 0. The van der Waals surface area contributed by atoms with Crippen molar-refractivity contribution >= 4 is 43.1 Å². The predicted octanol–water partition coefficient (Wildman–Crippen LogP) is -8.51. The van der Waals surface area contributed by atoms with Crippen molar-refractivity contribution in [2.75, 3.05) is 0 Å². The Balaban J connectivity index is 0. The van der Waals surface area contributed by atoms with Gasteiger partial charge in [-0.05, 0) is 0 Å². The van der Waals surface area contributed by atoms with Gasteiger partial charge in [-0.15, -0.1) is 0 Å². The van der Waals surface area contributed by atoms with Crippen LogP contribution in [0.1, 0.15) is 0 Å². The first-order chi connectivity index (χ1) is 0. The van der Waals surface area contributed by atoms with Gasteiger partial charge in [0.2, 0.25) is 0 Å². The van der Waals surface area contributed by atoms with Crippen LogP contribution < -0.4 is 0 Å².